The molecule has 1 saturated heterocycles. The first kappa shape index (κ1) is 14.0. The van der Waals surface area contributed by atoms with E-state index in [0.717, 1.165) is 18.7 Å². The Hall–Kier alpha value is -0.955. The van der Waals surface area contributed by atoms with Gasteiger partial charge in [-0.25, -0.2) is 0 Å². The van der Waals surface area contributed by atoms with E-state index in [2.05, 4.69) is 24.0 Å². The fourth-order valence-electron chi connectivity index (χ4n) is 3.95. The third-order valence-corrected chi connectivity index (χ3v) is 5.31. The number of aliphatic hydroxyl groups is 1. The van der Waals surface area contributed by atoms with Crippen LogP contribution in [-0.4, -0.2) is 24.9 Å². The van der Waals surface area contributed by atoms with Crippen molar-refractivity contribution < 1.29 is 5.11 Å². The highest BCUT2D eigenvalue weighted by atomic mass is 16.3. The van der Waals surface area contributed by atoms with E-state index in [9.17, 15) is 5.11 Å². The van der Waals surface area contributed by atoms with Crippen molar-refractivity contribution in [2.24, 2.45) is 0 Å². The van der Waals surface area contributed by atoms with Crippen molar-refractivity contribution in [2.45, 2.75) is 58.2 Å². The highest BCUT2D eigenvalue weighted by Gasteiger charge is 2.24. The summed E-state index contributed by atoms with van der Waals surface area (Å²) >= 11 is 0. The molecule has 2 aliphatic rings. The number of benzene rings is 1. The molecule has 0 bridgehead atoms. The maximum Gasteiger partial charge on any atom is 0.143 e. The average molecular weight is 271 g/mol. The molecule has 3 rings (SSSR count). The molecule has 1 aromatic rings. The number of hydrogen-bond donors (Lipinski definition) is 1. The van der Waals surface area contributed by atoms with Crippen molar-refractivity contribution in [3.05, 3.63) is 28.8 Å². The minimum Gasteiger partial charge on any atom is -0.392 e. The summed E-state index contributed by atoms with van der Waals surface area (Å²) in [6.45, 7) is 5.87. The van der Waals surface area contributed by atoms with Crippen molar-refractivity contribution in [2.75, 3.05) is 18.0 Å². The average Bonchev–Trinajstić information content (AvgIpc) is 2.54. The van der Waals surface area contributed by atoms with Crippen LogP contribution in [0, 0.1) is 0 Å². The normalized spacial score (nSPS) is 19.1. The van der Waals surface area contributed by atoms with E-state index in [1.165, 1.54) is 68.1 Å². The van der Waals surface area contributed by atoms with Gasteiger partial charge in [-0.2, -0.15) is 0 Å². The summed E-state index contributed by atoms with van der Waals surface area (Å²) in [4.78, 5) is 2.59. The van der Waals surface area contributed by atoms with Crippen LogP contribution >= 0.6 is 0 Å². The molecule has 0 unspecified atom stereocenters. The Bertz CT molecular complexity index is 466. The Kier molecular flexibility index (Phi) is 4.35. The first-order chi connectivity index (χ1) is 9.83. The summed E-state index contributed by atoms with van der Waals surface area (Å²) in [5.74, 6) is 0. The van der Waals surface area contributed by atoms with E-state index in [-0.39, 0.29) is 6.61 Å². The van der Waals surface area contributed by atoms with Gasteiger partial charge in [0.15, 0.2) is 0 Å². The van der Waals surface area contributed by atoms with E-state index < -0.39 is 0 Å². The molecule has 1 aliphatic heterocycles. The van der Waals surface area contributed by atoms with Crippen LogP contribution in [0.4, 0.5) is 5.69 Å². The number of anilines is 1. The number of aliphatic hydroxyl groups excluding tert-OH is 1. The van der Waals surface area contributed by atoms with Gasteiger partial charge < -0.3 is 10.0 Å². The fourth-order valence-corrected chi connectivity index (χ4v) is 3.95. The second-order valence-electron chi connectivity index (χ2n) is 6.40. The van der Waals surface area contributed by atoms with Crippen LogP contribution in [-0.2, 0) is 19.4 Å². The van der Waals surface area contributed by atoms with E-state index >= 15 is 0 Å². The molecule has 1 aliphatic carbocycles. The van der Waals surface area contributed by atoms with E-state index in [1.807, 2.05) is 0 Å². The van der Waals surface area contributed by atoms with Gasteiger partial charge in [0.1, 0.15) is 6.71 Å². The number of hydrogen-bond acceptors (Lipinski definition) is 2. The van der Waals surface area contributed by atoms with Crippen LogP contribution in [0.2, 0.25) is 19.0 Å². The van der Waals surface area contributed by atoms with Gasteiger partial charge in [-0.3, -0.25) is 0 Å². The molecule has 20 heavy (non-hydrogen) atoms. The predicted octanol–water partition coefficient (Wildman–Crippen LogP) is 3.39. The number of rotatable bonds is 3. The molecule has 0 saturated carbocycles. The van der Waals surface area contributed by atoms with Gasteiger partial charge >= 0.3 is 0 Å². The molecule has 1 N–H and O–H groups in total. The lowest BCUT2D eigenvalue weighted by Crippen LogP contribution is -2.37. The standard InChI is InChI=1S/C17H26BNO/c1-2-18-9-11-19(12-10-18)17-8-7-14(13-20)15-5-3-4-6-16(15)17/h7-8,20H,2-6,9-13H2,1H3. The van der Waals surface area contributed by atoms with Crippen LogP contribution in [0.1, 0.15) is 36.5 Å². The quantitative estimate of drug-likeness (QED) is 0.852. The Morgan fingerprint density at radius 2 is 1.80 bits per heavy atom. The second-order valence-corrected chi connectivity index (χ2v) is 6.40. The molecular weight excluding hydrogens is 245 g/mol. The molecule has 0 spiro atoms. The lowest BCUT2D eigenvalue weighted by molar-refractivity contribution is 0.280. The van der Waals surface area contributed by atoms with Gasteiger partial charge in [-0.1, -0.05) is 32.0 Å². The Labute approximate surface area is 123 Å². The van der Waals surface area contributed by atoms with Gasteiger partial charge in [0.05, 0.1) is 6.61 Å². The first-order valence-electron chi connectivity index (χ1n) is 8.33. The van der Waals surface area contributed by atoms with Crippen molar-refractivity contribution in [1.29, 1.82) is 0 Å². The highest BCUT2D eigenvalue weighted by molar-refractivity contribution is 6.59. The van der Waals surface area contributed by atoms with E-state index in [1.54, 1.807) is 0 Å². The summed E-state index contributed by atoms with van der Waals surface area (Å²) in [7, 11) is 0. The molecule has 0 aromatic heterocycles. The third-order valence-electron chi connectivity index (χ3n) is 5.31. The summed E-state index contributed by atoms with van der Waals surface area (Å²) in [6.07, 6.45) is 8.95. The second kappa shape index (κ2) is 6.21. The Balaban J connectivity index is 1.87. The van der Waals surface area contributed by atoms with Gasteiger partial charge in [0, 0.05) is 18.8 Å². The molecule has 2 nitrogen and oxygen atoms in total. The molecule has 3 heteroatoms. The summed E-state index contributed by atoms with van der Waals surface area (Å²) in [6, 6.07) is 4.42. The van der Waals surface area contributed by atoms with E-state index in [0.29, 0.717) is 0 Å². The van der Waals surface area contributed by atoms with Gasteiger partial charge in [-0.15, -0.1) is 0 Å². The van der Waals surface area contributed by atoms with Crippen molar-refractivity contribution in [3.8, 4) is 0 Å². The lowest BCUT2D eigenvalue weighted by Gasteiger charge is -2.35. The van der Waals surface area contributed by atoms with Crippen molar-refractivity contribution in [3.63, 3.8) is 0 Å². The molecule has 0 atom stereocenters. The van der Waals surface area contributed by atoms with Crippen molar-refractivity contribution >= 4 is 12.4 Å². The largest absolute Gasteiger partial charge is 0.392 e. The fraction of sp³-hybridized carbons (Fsp3) is 0.647. The van der Waals surface area contributed by atoms with E-state index in [4.69, 9.17) is 0 Å². The zero-order valence-corrected chi connectivity index (χ0v) is 12.7. The molecular formula is C17H26BNO. The summed E-state index contributed by atoms with van der Waals surface area (Å²) < 4.78 is 0. The highest BCUT2D eigenvalue weighted by Crippen LogP contribution is 2.34. The molecule has 1 fully saturated rings. The van der Waals surface area contributed by atoms with Crippen LogP contribution in [0.15, 0.2) is 12.1 Å². The van der Waals surface area contributed by atoms with Gasteiger partial charge in [0.25, 0.3) is 0 Å². The Morgan fingerprint density at radius 1 is 1.10 bits per heavy atom. The third kappa shape index (κ3) is 2.60. The number of fused-ring (bicyclic) bond motifs is 1. The maximum absolute atomic E-state index is 9.55. The Morgan fingerprint density at radius 3 is 2.45 bits per heavy atom. The SMILES string of the molecule is CCB1CCN(c2ccc(CO)c3c2CCCC3)CC1. The van der Waals surface area contributed by atoms with Crippen molar-refractivity contribution in [1.82, 2.24) is 0 Å². The summed E-state index contributed by atoms with van der Waals surface area (Å²) in [5, 5.41) is 9.55. The molecule has 0 radical (unpaired) electrons. The maximum atomic E-state index is 9.55. The molecule has 1 aromatic carbocycles. The molecule has 108 valence electrons. The minimum absolute atomic E-state index is 0.195. The van der Waals surface area contributed by atoms with Gasteiger partial charge in [-0.05, 0) is 48.4 Å². The predicted molar refractivity (Wildman–Crippen MR) is 87.1 cm³/mol. The topological polar surface area (TPSA) is 23.5 Å². The van der Waals surface area contributed by atoms with Crippen LogP contribution < -0.4 is 4.90 Å². The van der Waals surface area contributed by atoms with Crippen LogP contribution in [0.25, 0.3) is 0 Å². The molecule has 0 amide bonds. The number of nitrogens with zero attached hydrogens (tertiary/aromatic N) is 1. The zero-order valence-electron chi connectivity index (χ0n) is 12.7. The smallest absolute Gasteiger partial charge is 0.143 e. The lowest BCUT2D eigenvalue weighted by atomic mass is 9.42. The molecule has 1 heterocycles. The van der Waals surface area contributed by atoms with Gasteiger partial charge in [0.2, 0.25) is 0 Å². The summed E-state index contributed by atoms with van der Waals surface area (Å²) in [5.41, 5.74) is 5.62. The zero-order chi connectivity index (χ0) is 13.9. The van der Waals surface area contributed by atoms with Crippen LogP contribution in [0.3, 0.4) is 0 Å². The first-order valence-corrected chi connectivity index (χ1v) is 8.33. The monoisotopic (exact) mass is 271 g/mol. The minimum atomic E-state index is 0.195. The van der Waals surface area contributed by atoms with Crippen LogP contribution in [0.5, 0.6) is 0 Å².